The van der Waals surface area contributed by atoms with Crippen molar-refractivity contribution in [2.75, 3.05) is 14.2 Å². The van der Waals surface area contributed by atoms with Gasteiger partial charge in [-0.25, -0.2) is 0 Å². The minimum atomic E-state index is -0.464. The molecule has 0 aliphatic heterocycles. The molecule has 1 aromatic heterocycles. The number of hydrogen-bond donors (Lipinski definition) is 1. The highest BCUT2D eigenvalue weighted by Gasteiger charge is 2.18. The minimum absolute atomic E-state index is 0.186. The predicted octanol–water partition coefficient (Wildman–Crippen LogP) is 2.30. The number of hydrogen-bond acceptors (Lipinski definition) is 5. The molecule has 2 aromatic rings. The molecule has 6 nitrogen and oxygen atoms in total. The molecule has 0 atom stereocenters. The van der Waals surface area contributed by atoms with E-state index in [1.165, 1.54) is 18.8 Å². The zero-order chi connectivity index (χ0) is 16.1. The summed E-state index contributed by atoms with van der Waals surface area (Å²) in [7, 11) is 3.08. The van der Waals surface area contributed by atoms with Crippen molar-refractivity contribution in [1.82, 2.24) is 9.55 Å². The summed E-state index contributed by atoms with van der Waals surface area (Å²) in [5.74, 6) is 1.35. The molecular formula is C16H20N2O4. The topological polar surface area (TPSA) is 73.6 Å². The van der Waals surface area contributed by atoms with E-state index in [1.807, 2.05) is 0 Å². The second-order valence-electron chi connectivity index (χ2n) is 4.82. The second-order valence-corrected chi connectivity index (χ2v) is 4.82. The number of methoxy groups -OCH3 is 2. The van der Waals surface area contributed by atoms with Gasteiger partial charge in [0.15, 0.2) is 0 Å². The van der Waals surface area contributed by atoms with Gasteiger partial charge in [-0.15, -0.1) is 0 Å². The van der Waals surface area contributed by atoms with Crippen molar-refractivity contribution < 1.29 is 14.6 Å². The third-order valence-corrected chi connectivity index (χ3v) is 3.36. The largest absolute Gasteiger partial charge is 0.494 e. The van der Waals surface area contributed by atoms with E-state index in [-0.39, 0.29) is 5.88 Å². The number of ether oxygens (including phenoxy) is 2. The summed E-state index contributed by atoms with van der Waals surface area (Å²) in [4.78, 5) is 15.7. The fraction of sp³-hybridized carbons (Fsp3) is 0.375. The molecule has 1 aromatic carbocycles. The first kappa shape index (κ1) is 15.9. The second kappa shape index (κ2) is 6.98. The Bertz CT molecular complexity index is 688. The fourth-order valence-corrected chi connectivity index (χ4v) is 2.31. The van der Waals surface area contributed by atoms with E-state index in [9.17, 15) is 9.90 Å². The van der Waals surface area contributed by atoms with Gasteiger partial charge in [-0.05, 0) is 18.6 Å². The number of para-hydroxylation sites is 1. The van der Waals surface area contributed by atoms with Crippen LogP contribution >= 0.6 is 0 Å². The third kappa shape index (κ3) is 3.05. The molecule has 0 amide bonds. The maximum Gasteiger partial charge on any atom is 0.276 e. The maximum atomic E-state index is 11.6. The fourth-order valence-electron chi connectivity index (χ4n) is 2.31. The van der Waals surface area contributed by atoms with Gasteiger partial charge in [-0.2, -0.15) is 4.98 Å². The molecule has 22 heavy (non-hydrogen) atoms. The molecule has 1 N–H and O–H groups in total. The van der Waals surface area contributed by atoms with Gasteiger partial charge < -0.3 is 14.6 Å². The van der Waals surface area contributed by atoms with Crippen LogP contribution in [-0.2, 0) is 6.42 Å². The summed E-state index contributed by atoms with van der Waals surface area (Å²) < 4.78 is 12.2. The van der Waals surface area contributed by atoms with Crippen molar-refractivity contribution >= 4 is 0 Å². The van der Waals surface area contributed by atoms with Crippen LogP contribution < -0.4 is 15.0 Å². The number of aromatic nitrogens is 2. The highest BCUT2D eigenvalue weighted by molar-refractivity contribution is 5.59. The number of aromatic hydroxyl groups is 1. The van der Waals surface area contributed by atoms with Crippen LogP contribution in [0.5, 0.6) is 17.4 Å². The van der Waals surface area contributed by atoms with Crippen LogP contribution in [0.3, 0.4) is 0 Å². The molecule has 2 rings (SSSR count). The Morgan fingerprint density at radius 1 is 1.23 bits per heavy atom. The SMILES string of the molecule is CCCCc1nc(=O)cc(O)n1-c1c(OC)cccc1OC. The van der Waals surface area contributed by atoms with Crippen LogP contribution in [0.4, 0.5) is 0 Å². The van der Waals surface area contributed by atoms with Gasteiger partial charge in [0.05, 0.1) is 20.3 Å². The van der Waals surface area contributed by atoms with E-state index in [2.05, 4.69) is 11.9 Å². The first-order valence-corrected chi connectivity index (χ1v) is 7.15. The van der Waals surface area contributed by atoms with E-state index in [0.717, 1.165) is 18.9 Å². The predicted molar refractivity (Wildman–Crippen MR) is 83.2 cm³/mol. The quantitative estimate of drug-likeness (QED) is 0.886. The molecule has 6 heteroatoms. The van der Waals surface area contributed by atoms with Gasteiger partial charge in [-0.3, -0.25) is 9.36 Å². The van der Waals surface area contributed by atoms with Crippen molar-refractivity contribution in [2.45, 2.75) is 26.2 Å². The zero-order valence-electron chi connectivity index (χ0n) is 13.0. The Hall–Kier alpha value is -2.50. The summed E-state index contributed by atoms with van der Waals surface area (Å²) in [6, 6.07) is 6.40. The summed E-state index contributed by atoms with van der Waals surface area (Å²) in [6.45, 7) is 2.05. The van der Waals surface area contributed by atoms with Crippen LogP contribution in [-0.4, -0.2) is 28.9 Å². The van der Waals surface area contributed by atoms with Crippen LogP contribution in [0, 0.1) is 0 Å². The number of nitrogens with zero attached hydrogens (tertiary/aromatic N) is 2. The maximum absolute atomic E-state index is 11.6. The smallest absolute Gasteiger partial charge is 0.276 e. The Kier molecular flexibility index (Phi) is 5.04. The number of rotatable bonds is 6. The summed E-state index contributed by atoms with van der Waals surface area (Å²) in [5.41, 5.74) is 0.0670. The third-order valence-electron chi connectivity index (χ3n) is 3.36. The molecule has 1 heterocycles. The van der Waals surface area contributed by atoms with Gasteiger partial charge >= 0.3 is 0 Å². The van der Waals surface area contributed by atoms with Crippen molar-refractivity contribution in [2.24, 2.45) is 0 Å². The highest BCUT2D eigenvalue weighted by atomic mass is 16.5. The van der Waals surface area contributed by atoms with Gasteiger partial charge in [0.25, 0.3) is 5.56 Å². The Morgan fingerprint density at radius 3 is 2.41 bits per heavy atom. The van der Waals surface area contributed by atoms with E-state index in [1.54, 1.807) is 18.2 Å². The Morgan fingerprint density at radius 2 is 1.86 bits per heavy atom. The minimum Gasteiger partial charge on any atom is -0.494 e. The number of aryl methyl sites for hydroxylation is 1. The Labute approximate surface area is 129 Å². The van der Waals surface area contributed by atoms with Crippen LogP contribution in [0.2, 0.25) is 0 Å². The standard InChI is InChI=1S/C16H20N2O4/c1-4-5-9-13-17-14(19)10-15(20)18(13)16-11(21-2)7-6-8-12(16)22-3/h6-8,10,20H,4-5,9H2,1-3H3. The summed E-state index contributed by atoms with van der Waals surface area (Å²) >= 11 is 0. The molecule has 118 valence electrons. The van der Waals surface area contributed by atoms with Crippen molar-refractivity contribution in [1.29, 1.82) is 0 Å². The first-order chi connectivity index (χ1) is 10.6. The lowest BCUT2D eigenvalue weighted by Gasteiger charge is -2.19. The number of unbranched alkanes of at least 4 members (excludes halogenated alkanes) is 1. The number of benzene rings is 1. The normalized spacial score (nSPS) is 10.5. The van der Waals surface area contributed by atoms with Crippen molar-refractivity contribution in [3.05, 3.63) is 40.4 Å². The molecule has 0 saturated carbocycles. The molecule has 0 saturated heterocycles. The first-order valence-electron chi connectivity index (χ1n) is 7.15. The van der Waals surface area contributed by atoms with Gasteiger partial charge in [0.2, 0.25) is 5.88 Å². The monoisotopic (exact) mass is 304 g/mol. The van der Waals surface area contributed by atoms with Crippen molar-refractivity contribution in [3.63, 3.8) is 0 Å². The average molecular weight is 304 g/mol. The zero-order valence-corrected chi connectivity index (χ0v) is 13.0. The molecule has 0 aliphatic rings. The van der Waals surface area contributed by atoms with E-state index >= 15 is 0 Å². The molecule has 0 bridgehead atoms. The summed E-state index contributed by atoms with van der Waals surface area (Å²) in [5, 5.41) is 10.3. The Balaban J connectivity index is 2.73. The van der Waals surface area contributed by atoms with Crippen LogP contribution in [0.15, 0.2) is 29.1 Å². The lowest BCUT2D eigenvalue weighted by atomic mass is 10.2. The molecular weight excluding hydrogens is 284 g/mol. The van der Waals surface area contributed by atoms with E-state index in [4.69, 9.17) is 9.47 Å². The van der Waals surface area contributed by atoms with Gasteiger partial charge in [-0.1, -0.05) is 19.4 Å². The highest BCUT2D eigenvalue weighted by Crippen LogP contribution is 2.35. The van der Waals surface area contributed by atoms with Gasteiger partial charge in [0.1, 0.15) is 23.0 Å². The molecule has 0 fully saturated rings. The molecule has 0 radical (unpaired) electrons. The van der Waals surface area contributed by atoms with Crippen molar-refractivity contribution in [3.8, 4) is 23.1 Å². The summed E-state index contributed by atoms with van der Waals surface area (Å²) in [6.07, 6.45) is 2.38. The van der Waals surface area contributed by atoms with Gasteiger partial charge in [0, 0.05) is 6.42 Å². The van der Waals surface area contributed by atoms with E-state index in [0.29, 0.717) is 29.4 Å². The molecule has 0 aliphatic carbocycles. The average Bonchev–Trinajstić information content (AvgIpc) is 2.51. The van der Waals surface area contributed by atoms with E-state index < -0.39 is 5.56 Å². The lowest BCUT2D eigenvalue weighted by Crippen LogP contribution is -2.17. The van der Waals surface area contributed by atoms with Crippen LogP contribution in [0.1, 0.15) is 25.6 Å². The molecule has 0 unspecified atom stereocenters. The molecule has 0 spiro atoms. The lowest BCUT2D eigenvalue weighted by molar-refractivity contribution is 0.379. The van der Waals surface area contributed by atoms with Crippen LogP contribution in [0.25, 0.3) is 5.69 Å².